The second-order valence-electron chi connectivity index (χ2n) is 6.01. The minimum absolute atomic E-state index is 0.129. The van der Waals surface area contributed by atoms with Crippen molar-refractivity contribution < 1.29 is 27.9 Å². The summed E-state index contributed by atoms with van der Waals surface area (Å²) in [7, 11) is -3.70. The van der Waals surface area contributed by atoms with Crippen molar-refractivity contribution in [3.63, 3.8) is 0 Å². The smallest absolute Gasteiger partial charge is 0.323 e. The van der Waals surface area contributed by atoms with Crippen LogP contribution in [0.1, 0.15) is 32.6 Å². The highest BCUT2D eigenvalue weighted by molar-refractivity contribution is 7.89. The molecule has 1 aromatic rings. The molecule has 0 unspecified atom stereocenters. The number of carboxylic acid groups (broad SMARTS) is 1. The molecule has 0 aliphatic rings. The summed E-state index contributed by atoms with van der Waals surface area (Å²) < 4.78 is 31.2. The second kappa shape index (κ2) is 11.4. The van der Waals surface area contributed by atoms with Crippen molar-refractivity contribution in [3.05, 3.63) is 24.3 Å². The average molecular weight is 401 g/mol. The molecule has 1 atom stereocenters. The Labute approximate surface area is 159 Å². The molecule has 10 heteroatoms. The zero-order valence-electron chi connectivity index (χ0n) is 15.3. The summed E-state index contributed by atoms with van der Waals surface area (Å²) in [6.07, 6.45) is 1.66. The molecule has 152 valence electrons. The van der Waals surface area contributed by atoms with E-state index in [9.17, 15) is 18.0 Å². The lowest BCUT2D eigenvalue weighted by Crippen LogP contribution is -2.48. The number of hydrogen-bond donors (Lipinski definition) is 4. The van der Waals surface area contributed by atoms with Crippen LogP contribution in [0.2, 0.25) is 0 Å². The number of ether oxygens (including phenoxy) is 1. The predicted molar refractivity (Wildman–Crippen MR) is 102 cm³/mol. The molecule has 0 bridgehead atoms. The van der Waals surface area contributed by atoms with Gasteiger partial charge in [0.15, 0.2) is 0 Å². The molecule has 27 heavy (non-hydrogen) atoms. The van der Waals surface area contributed by atoms with Crippen LogP contribution in [0.25, 0.3) is 0 Å². The van der Waals surface area contributed by atoms with E-state index in [0.29, 0.717) is 37.3 Å². The van der Waals surface area contributed by atoms with Gasteiger partial charge in [-0.25, -0.2) is 8.42 Å². The van der Waals surface area contributed by atoms with Crippen LogP contribution < -0.4 is 20.5 Å². The number of hydrogen-bond acceptors (Lipinski definition) is 6. The fourth-order valence-corrected chi connectivity index (χ4v) is 3.48. The molecule has 0 saturated carbocycles. The molecular weight excluding hydrogens is 374 g/mol. The zero-order chi connectivity index (χ0) is 20.3. The molecule has 0 heterocycles. The molecule has 0 radical (unpaired) electrons. The van der Waals surface area contributed by atoms with Crippen LogP contribution in [0.4, 0.5) is 5.69 Å². The predicted octanol–water partition coefficient (Wildman–Crippen LogP) is 0.717. The maximum atomic E-state index is 11.8. The Balaban J connectivity index is 2.33. The van der Waals surface area contributed by atoms with E-state index < -0.39 is 22.0 Å². The molecule has 1 aromatic carbocycles. The Morgan fingerprint density at radius 1 is 1.22 bits per heavy atom. The van der Waals surface area contributed by atoms with E-state index in [1.165, 1.54) is 0 Å². The number of amides is 1. The van der Waals surface area contributed by atoms with E-state index in [1.54, 1.807) is 24.3 Å². The first kappa shape index (κ1) is 22.7. The van der Waals surface area contributed by atoms with Gasteiger partial charge in [-0.15, -0.1) is 0 Å². The number of aliphatic carboxylic acids is 1. The summed E-state index contributed by atoms with van der Waals surface area (Å²) in [4.78, 5) is 23.0. The number of rotatable bonds is 13. The number of carbonyl (C=O) groups is 2. The Kier molecular flexibility index (Phi) is 9.59. The van der Waals surface area contributed by atoms with E-state index >= 15 is 0 Å². The Morgan fingerprint density at radius 2 is 1.89 bits per heavy atom. The molecule has 1 amide bonds. The SMILES string of the molecule is CCCCS(=O)(=O)N[C@@H](CNC(=O)CCCOc1ccc(N)cc1)C(=O)O. The summed E-state index contributed by atoms with van der Waals surface area (Å²) >= 11 is 0. The third-order valence-corrected chi connectivity index (χ3v) is 5.06. The molecule has 0 aliphatic carbocycles. The van der Waals surface area contributed by atoms with Crippen LogP contribution in [0, 0.1) is 0 Å². The van der Waals surface area contributed by atoms with E-state index in [2.05, 4.69) is 10.0 Å². The highest BCUT2D eigenvalue weighted by Gasteiger charge is 2.24. The van der Waals surface area contributed by atoms with Gasteiger partial charge in [-0.2, -0.15) is 4.72 Å². The molecule has 0 saturated heterocycles. The highest BCUT2D eigenvalue weighted by atomic mass is 32.2. The number of unbranched alkanes of at least 4 members (excludes halogenated alkanes) is 1. The van der Waals surface area contributed by atoms with Crippen LogP contribution in [-0.2, 0) is 19.6 Å². The van der Waals surface area contributed by atoms with Crippen LogP contribution in [0.15, 0.2) is 24.3 Å². The monoisotopic (exact) mass is 401 g/mol. The average Bonchev–Trinajstić information content (AvgIpc) is 2.62. The minimum atomic E-state index is -3.70. The van der Waals surface area contributed by atoms with Gasteiger partial charge in [0.2, 0.25) is 15.9 Å². The van der Waals surface area contributed by atoms with Crippen LogP contribution in [0.5, 0.6) is 5.75 Å². The molecule has 0 aromatic heterocycles. The Bertz CT molecular complexity index is 706. The van der Waals surface area contributed by atoms with E-state index in [4.69, 9.17) is 15.6 Å². The maximum absolute atomic E-state index is 11.8. The van der Waals surface area contributed by atoms with Gasteiger partial charge in [0.25, 0.3) is 0 Å². The summed E-state index contributed by atoms with van der Waals surface area (Å²) in [5, 5.41) is 11.6. The van der Waals surface area contributed by atoms with Crippen molar-refractivity contribution in [3.8, 4) is 5.75 Å². The van der Waals surface area contributed by atoms with Crippen molar-refractivity contribution in [2.45, 2.75) is 38.6 Å². The van der Waals surface area contributed by atoms with E-state index in [-0.39, 0.29) is 24.6 Å². The van der Waals surface area contributed by atoms with E-state index in [1.807, 2.05) is 6.92 Å². The largest absolute Gasteiger partial charge is 0.494 e. The van der Waals surface area contributed by atoms with Gasteiger partial charge in [0.05, 0.1) is 12.4 Å². The number of nitrogen functional groups attached to an aromatic ring is 1. The Hall–Kier alpha value is -2.33. The third kappa shape index (κ3) is 9.80. The maximum Gasteiger partial charge on any atom is 0.323 e. The van der Waals surface area contributed by atoms with Crippen molar-refractivity contribution >= 4 is 27.6 Å². The van der Waals surface area contributed by atoms with Gasteiger partial charge in [-0.05, 0) is 37.1 Å². The first-order valence-corrected chi connectivity index (χ1v) is 10.4. The molecule has 0 aliphatic heterocycles. The van der Waals surface area contributed by atoms with Crippen molar-refractivity contribution in [1.82, 2.24) is 10.0 Å². The quantitative estimate of drug-likeness (QED) is 0.281. The van der Waals surface area contributed by atoms with Crippen LogP contribution >= 0.6 is 0 Å². The minimum Gasteiger partial charge on any atom is -0.494 e. The fraction of sp³-hybridized carbons (Fsp3) is 0.529. The topological polar surface area (TPSA) is 148 Å². The first-order valence-electron chi connectivity index (χ1n) is 8.71. The summed E-state index contributed by atoms with van der Waals surface area (Å²) in [6.45, 7) is 1.82. The van der Waals surface area contributed by atoms with Gasteiger partial charge in [0, 0.05) is 18.7 Å². The molecule has 1 rings (SSSR count). The normalized spacial score (nSPS) is 12.3. The summed E-state index contributed by atoms with van der Waals surface area (Å²) in [6, 6.07) is 5.45. The lowest BCUT2D eigenvalue weighted by atomic mass is 10.2. The molecule has 5 N–H and O–H groups in total. The van der Waals surface area contributed by atoms with Gasteiger partial charge in [-0.3, -0.25) is 9.59 Å². The number of sulfonamides is 1. The van der Waals surface area contributed by atoms with Crippen molar-refractivity contribution in [2.24, 2.45) is 0 Å². The molecule has 0 fully saturated rings. The van der Waals surface area contributed by atoms with Gasteiger partial charge in [0.1, 0.15) is 11.8 Å². The second-order valence-corrected chi connectivity index (χ2v) is 7.88. The van der Waals surface area contributed by atoms with Crippen LogP contribution in [0.3, 0.4) is 0 Å². The standard InChI is InChI=1S/C17H27N3O6S/c1-2-3-11-27(24,25)20-15(17(22)23)12-19-16(21)5-4-10-26-14-8-6-13(18)7-9-14/h6-9,15,20H,2-5,10-12,18H2,1H3,(H,19,21)(H,22,23)/t15-/m0/s1. The number of carboxylic acids is 1. The lowest BCUT2D eigenvalue weighted by Gasteiger charge is -2.15. The molecule has 0 spiro atoms. The van der Waals surface area contributed by atoms with Gasteiger partial charge >= 0.3 is 5.97 Å². The fourth-order valence-electron chi connectivity index (χ4n) is 2.08. The zero-order valence-corrected chi connectivity index (χ0v) is 16.1. The number of anilines is 1. The number of carbonyl (C=O) groups excluding carboxylic acids is 1. The van der Waals surface area contributed by atoms with Crippen molar-refractivity contribution in [1.29, 1.82) is 0 Å². The third-order valence-electron chi connectivity index (χ3n) is 3.59. The highest BCUT2D eigenvalue weighted by Crippen LogP contribution is 2.13. The van der Waals surface area contributed by atoms with Crippen LogP contribution in [-0.4, -0.2) is 50.3 Å². The van der Waals surface area contributed by atoms with E-state index in [0.717, 1.165) is 0 Å². The summed E-state index contributed by atoms with van der Waals surface area (Å²) in [5.74, 6) is -1.24. The first-order chi connectivity index (χ1) is 12.7. The Morgan fingerprint density at radius 3 is 2.48 bits per heavy atom. The number of nitrogens with two attached hydrogens (primary N) is 1. The number of benzene rings is 1. The van der Waals surface area contributed by atoms with Gasteiger partial charge in [-0.1, -0.05) is 13.3 Å². The van der Waals surface area contributed by atoms with Gasteiger partial charge < -0.3 is 20.9 Å². The lowest BCUT2D eigenvalue weighted by molar-refractivity contribution is -0.138. The molecular formula is C17H27N3O6S. The number of nitrogens with one attached hydrogen (secondary N) is 2. The molecule has 9 nitrogen and oxygen atoms in total. The van der Waals surface area contributed by atoms with Crippen molar-refractivity contribution in [2.75, 3.05) is 24.6 Å². The summed E-state index contributed by atoms with van der Waals surface area (Å²) in [5.41, 5.74) is 6.19.